The summed E-state index contributed by atoms with van der Waals surface area (Å²) in [4.78, 5) is 11.4. The smallest absolute Gasteiger partial charge is 0.335 e. The summed E-state index contributed by atoms with van der Waals surface area (Å²) in [5.41, 5.74) is 7.91. The monoisotopic (exact) mass is 351 g/mol. The van der Waals surface area contributed by atoms with Crippen LogP contribution in [0.1, 0.15) is 0 Å². The van der Waals surface area contributed by atoms with Gasteiger partial charge >= 0.3 is 5.97 Å². The number of nitrogens with two attached hydrogens (primary N) is 1. The second-order valence-corrected chi connectivity index (χ2v) is 5.26. The number of anilines is 1. The van der Waals surface area contributed by atoms with Gasteiger partial charge in [0.05, 0.1) is 0 Å². The highest BCUT2D eigenvalue weighted by Crippen LogP contribution is 2.40. The first kappa shape index (κ1) is 14.6. The molecule has 0 heterocycles. The van der Waals surface area contributed by atoms with Gasteiger partial charge in [0.15, 0.2) is 0 Å². The third kappa shape index (κ3) is 3.03. The lowest BCUT2D eigenvalue weighted by Gasteiger charge is -2.13. The summed E-state index contributed by atoms with van der Waals surface area (Å²) >= 11 is 9.34. The minimum atomic E-state index is -0.531. The number of ether oxygens (including phenoxy) is 1. The molecule has 102 valence electrons. The van der Waals surface area contributed by atoms with E-state index in [4.69, 9.17) is 22.1 Å². The molecule has 5 heteroatoms. The molecule has 0 aliphatic rings. The quantitative estimate of drug-likeness (QED) is 0.384. The number of esters is 1. The molecule has 2 aromatic carbocycles. The fraction of sp³-hybridized carbons (Fsp3) is 0. The van der Waals surface area contributed by atoms with Crippen LogP contribution in [0.2, 0.25) is 5.02 Å². The van der Waals surface area contributed by atoms with E-state index in [-0.39, 0.29) is 0 Å². The molecule has 3 nitrogen and oxygen atoms in total. The van der Waals surface area contributed by atoms with E-state index in [1.165, 1.54) is 0 Å². The SMILES string of the molecule is C=CC(=O)Oc1cccc(Br)c1-c1ccc(Cl)cc1N. The lowest BCUT2D eigenvalue weighted by Crippen LogP contribution is -2.05. The molecule has 2 N–H and O–H groups in total. The number of benzene rings is 2. The second kappa shape index (κ2) is 6.11. The number of nitrogen functional groups attached to an aromatic ring is 1. The Morgan fingerprint density at radius 3 is 2.75 bits per heavy atom. The van der Waals surface area contributed by atoms with Crippen molar-refractivity contribution in [3.63, 3.8) is 0 Å². The minimum absolute atomic E-state index is 0.401. The molecule has 0 unspecified atom stereocenters. The molecular weight excluding hydrogens is 342 g/mol. The summed E-state index contributed by atoms with van der Waals surface area (Å²) in [7, 11) is 0. The molecular formula is C15H11BrClNO2. The average molecular weight is 353 g/mol. The van der Waals surface area contributed by atoms with Gasteiger partial charge in [-0.3, -0.25) is 0 Å². The summed E-state index contributed by atoms with van der Waals surface area (Å²) < 4.78 is 6.00. The highest BCUT2D eigenvalue weighted by Gasteiger charge is 2.15. The topological polar surface area (TPSA) is 52.3 Å². The Hall–Kier alpha value is -1.78. The minimum Gasteiger partial charge on any atom is -0.423 e. The van der Waals surface area contributed by atoms with Crippen LogP contribution in [-0.2, 0) is 4.79 Å². The van der Waals surface area contributed by atoms with Gasteiger partial charge in [0, 0.05) is 32.4 Å². The molecule has 0 aliphatic carbocycles. The largest absolute Gasteiger partial charge is 0.423 e. The standard InChI is InChI=1S/C15H11BrClNO2/c1-2-14(19)20-13-5-3-4-11(16)15(13)10-7-6-9(17)8-12(10)18/h2-8H,1,18H2. The molecule has 0 aliphatic heterocycles. The second-order valence-electron chi connectivity index (χ2n) is 3.97. The van der Waals surface area contributed by atoms with Gasteiger partial charge in [-0.05, 0) is 24.3 Å². The van der Waals surface area contributed by atoms with Gasteiger partial charge in [0.25, 0.3) is 0 Å². The lowest BCUT2D eigenvalue weighted by atomic mass is 10.0. The predicted octanol–water partition coefficient (Wildman–Crippen LogP) is 4.44. The van der Waals surface area contributed by atoms with Crippen LogP contribution in [0.25, 0.3) is 11.1 Å². The fourth-order valence-electron chi connectivity index (χ4n) is 1.76. The zero-order chi connectivity index (χ0) is 14.7. The van der Waals surface area contributed by atoms with E-state index in [0.717, 1.165) is 16.1 Å². The fourth-order valence-corrected chi connectivity index (χ4v) is 2.50. The number of halogens is 2. The van der Waals surface area contributed by atoms with Gasteiger partial charge in [-0.25, -0.2) is 4.79 Å². The van der Waals surface area contributed by atoms with Crippen molar-refractivity contribution in [1.29, 1.82) is 0 Å². The van der Waals surface area contributed by atoms with E-state index in [1.54, 1.807) is 30.3 Å². The number of hydrogen-bond acceptors (Lipinski definition) is 3. The number of hydrogen-bond donors (Lipinski definition) is 1. The Bertz CT molecular complexity index is 686. The van der Waals surface area contributed by atoms with Crippen LogP contribution < -0.4 is 10.5 Å². The van der Waals surface area contributed by atoms with Crippen molar-refractivity contribution < 1.29 is 9.53 Å². The molecule has 2 rings (SSSR count). The van der Waals surface area contributed by atoms with E-state index in [1.807, 2.05) is 6.07 Å². The summed E-state index contributed by atoms with van der Waals surface area (Å²) in [5.74, 6) is -0.129. The molecule has 0 spiro atoms. The van der Waals surface area contributed by atoms with Crippen LogP contribution in [0.15, 0.2) is 53.5 Å². The van der Waals surface area contributed by atoms with E-state index >= 15 is 0 Å². The van der Waals surface area contributed by atoms with E-state index in [0.29, 0.717) is 22.0 Å². The van der Waals surface area contributed by atoms with Crippen molar-refractivity contribution in [2.45, 2.75) is 0 Å². The summed E-state index contributed by atoms with van der Waals surface area (Å²) in [6, 6.07) is 10.5. The average Bonchev–Trinajstić information content (AvgIpc) is 2.40. The summed E-state index contributed by atoms with van der Waals surface area (Å²) in [6.07, 6.45) is 1.11. The maximum atomic E-state index is 11.4. The zero-order valence-corrected chi connectivity index (χ0v) is 12.7. The Morgan fingerprint density at radius 1 is 1.35 bits per heavy atom. The van der Waals surface area contributed by atoms with Crippen LogP contribution in [0.3, 0.4) is 0 Å². The lowest BCUT2D eigenvalue weighted by molar-refractivity contribution is -0.128. The van der Waals surface area contributed by atoms with Gasteiger partial charge in [-0.15, -0.1) is 0 Å². The molecule has 0 bridgehead atoms. The van der Waals surface area contributed by atoms with Crippen LogP contribution in [0.4, 0.5) is 5.69 Å². The van der Waals surface area contributed by atoms with Crippen molar-refractivity contribution in [3.05, 3.63) is 58.5 Å². The number of carbonyl (C=O) groups is 1. The third-order valence-corrected chi connectivity index (χ3v) is 3.53. The normalized spacial score (nSPS) is 10.1. The Kier molecular flexibility index (Phi) is 4.47. The Morgan fingerprint density at radius 2 is 2.10 bits per heavy atom. The van der Waals surface area contributed by atoms with Crippen LogP contribution in [0.5, 0.6) is 5.75 Å². The van der Waals surface area contributed by atoms with Crippen LogP contribution >= 0.6 is 27.5 Å². The summed E-state index contributed by atoms with van der Waals surface area (Å²) in [6.45, 7) is 3.38. The van der Waals surface area contributed by atoms with Gasteiger partial charge in [0.1, 0.15) is 5.75 Å². The number of carbonyl (C=O) groups excluding carboxylic acids is 1. The molecule has 0 amide bonds. The van der Waals surface area contributed by atoms with Crippen molar-refractivity contribution in [2.75, 3.05) is 5.73 Å². The van der Waals surface area contributed by atoms with Crippen molar-refractivity contribution in [3.8, 4) is 16.9 Å². The van der Waals surface area contributed by atoms with Gasteiger partial charge in [0.2, 0.25) is 0 Å². The highest BCUT2D eigenvalue weighted by atomic mass is 79.9. The van der Waals surface area contributed by atoms with Gasteiger partial charge in [-0.2, -0.15) is 0 Å². The first-order chi connectivity index (χ1) is 9.52. The molecule has 0 saturated carbocycles. The predicted molar refractivity (Wildman–Crippen MR) is 84.8 cm³/mol. The maximum absolute atomic E-state index is 11.4. The molecule has 0 atom stereocenters. The van der Waals surface area contributed by atoms with E-state index in [9.17, 15) is 4.79 Å². The van der Waals surface area contributed by atoms with Crippen molar-refractivity contribution in [1.82, 2.24) is 0 Å². The van der Waals surface area contributed by atoms with E-state index in [2.05, 4.69) is 22.5 Å². The first-order valence-corrected chi connectivity index (χ1v) is 6.88. The van der Waals surface area contributed by atoms with Gasteiger partial charge < -0.3 is 10.5 Å². The molecule has 0 saturated heterocycles. The molecule has 20 heavy (non-hydrogen) atoms. The Labute approximate surface area is 130 Å². The molecule has 0 fully saturated rings. The maximum Gasteiger partial charge on any atom is 0.335 e. The molecule has 0 radical (unpaired) electrons. The zero-order valence-electron chi connectivity index (χ0n) is 10.4. The van der Waals surface area contributed by atoms with Crippen LogP contribution in [0, 0.1) is 0 Å². The van der Waals surface area contributed by atoms with Crippen LogP contribution in [-0.4, -0.2) is 5.97 Å². The van der Waals surface area contributed by atoms with Crippen molar-refractivity contribution >= 4 is 39.2 Å². The Balaban J connectivity index is 2.60. The molecule has 0 aromatic heterocycles. The third-order valence-electron chi connectivity index (χ3n) is 2.64. The van der Waals surface area contributed by atoms with Crippen molar-refractivity contribution in [2.24, 2.45) is 0 Å². The summed E-state index contributed by atoms with van der Waals surface area (Å²) in [5, 5.41) is 0.544. The highest BCUT2D eigenvalue weighted by molar-refractivity contribution is 9.10. The number of rotatable bonds is 3. The molecule has 2 aromatic rings. The first-order valence-electron chi connectivity index (χ1n) is 5.71. The van der Waals surface area contributed by atoms with E-state index < -0.39 is 5.97 Å². The van der Waals surface area contributed by atoms with Gasteiger partial charge in [-0.1, -0.05) is 46.2 Å².